The molecule has 1 aliphatic heterocycles. The third-order valence-corrected chi connectivity index (χ3v) is 4.26. The molecular formula is C14H12N2O3S. The Kier molecular flexibility index (Phi) is 3.31. The summed E-state index contributed by atoms with van der Waals surface area (Å²) >= 11 is 1.44. The second kappa shape index (κ2) is 5.13. The fourth-order valence-electron chi connectivity index (χ4n) is 2.18. The zero-order chi connectivity index (χ0) is 14.1. The summed E-state index contributed by atoms with van der Waals surface area (Å²) in [5.41, 5.74) is 1.02. The number of pyridine rings is 1. The maximum absolute atomic E-state index is 12.4. The molecule has 2 heterocycles. The molecule has 0 saturated carbocycles. The monoisotopic (exact) mass is 288 g/mol. The Balaban J connectivity index is 1.94. The van der Waals surface area contributed by atoms with Crippen LogP contribution in [-0.4, -0.2) is 44.5 Å². The van der Waals surface area contributed by atoms with E-state index in [1.165, 1.54) is 16.7 Å². The average molecular weight is 288 g/mol. The van der Waals surface area contributed by atoms with Crippen molar-refractivity contribution < 1.29 is 14.7 Å². The number of hydrogen-bond donors (Lipinski definition) is 1. The number of carbonyl (C=O) groups excluding carboxylic acids is 1. The van der Waals surface area contributed by atoms with E-state index in [4.69, 9.17) is 5.11 Å². The van der Waals surface area contributed by atoms with Gasteiger partial charge in [0.25, 0.3) is 5.91 Å². The fourth-order valence-corrected chi connectivity index (χ4v) is 3.32. The molecule has 102 valence electrons. The van der Waals surface area contributed by atoms with Gasteiger partial charge in [-0.1, -0.05) is 24.3 Å². The molecule has 1 unspecified atom stereocenters. The van der Waals surface area contributed by atoms with Crippen molar-refractivity contribution in [3.63, 3.8) is 0 Å². The van der Waals surface area contributed by atoms with E-state index in [9.17, 15) is 9.59 Å². The summed E-state index contributed by atoms with van der Waals surface area (Å²) in [5.74, 6) is -0.476. The predicted molar refractivity (Wildman–Crippen MR) is 76.7 cm³/mol. The van der Waals surface area contributed by atoms with Crippen molar-refractivity contribution in [2.45, 2.75) is 6.04 Å². The van der Waals surface area contributed by atoms with Gasteiger partial charge in [0.05, 0.1) is 11.4 Å². The van der Waals surface area contributed by atoms with E-state index in [1.807, 2.05) is 30.3 Å². The van der Waals surface area contributed by atoms with E-state index < -0.39 is 12.0 Å². The molecule has 1 saturated heterocycles. The quantitative estimate of drug-likeness (QED) is 0.913. The lowest BCUT2D eigenvalue weighted by Crippen LogP contribution is -2.42. The van der Waals surface area contributed by atoms with Crippen LogP contribution >= 0.6 is 11.8 Å². The standard InChI is InChI=1S/C14H12N2O3S/c17-13(16-8-20-7-12(16)14(18)19)11-6-5-9-3-1-2-4-10(9)15-11/h1-6,12H,7-8H2,(H,18,19). The summed E-state index contributed by atoms with van der Waals surface area (Å²) in [5, 5.41) is 10.1. The topological polar surface area (TPSA) is 70.5 Å². The second-order valence-electron chi connectivity index (χ2n) is 4.52. The van der Waals surface area contributed by atoms with Crippen LogP contribution in [0.4, 0.5) is 0 Å². The van der Waals surface area contributed by atoms with E-state index >= 15 is 0 Å². The van der Waals surface area contributed by atoms with Crippen LogP contribution in [0.5, 0.6) is 0 Å². The van der Waals surface area contributed by atoms with Crippen molar-refractivity contribution >= 4 is 34.5 Å². The molecule has 1 aromatic carbocycles. The molecule has 0 radical (unpaired) electrons. The predicted octanol–water partition coefficient (Wildman–Crippen LogP) is 1.83. The lowest BCUT2D eigenvalue weighted by molar-refractivity contribution is -0.140. The van der Waals surface area contributed by atoms with Crippen molar-refractivity contribution in [2.75, 3.05) is 11.6 Å². The first-order chi connectivity index (χ1) is 9.66. The molecule has 1 aliphatic rings. The number of carboxylic acid groups (broad SMARTS) is 1. The number of para-hydroxylation sites is 1. The minimum Gasteiger partial charge on any atom is -0.480 e. The zero-order valence-electron chi connectivity index (χ0n) is 10.5. The highest BCUT2D eigenvalue weighted by molar-refractivity contribution is 7.99. The van der Waals surface area contributed by atoms with E-state index in [-0.39, 0.29) is 11.6 Å². The van der Waals surface area contributed by atoms with Gasteiger partial charge in [-0.15, -0.1) is 11.8 Å². The van der Waals surface area contributed by atoms with Crippen molar-refractivity contribution in [2.24, 2.45) is 0 Å². The van der Waals surface area contributed by atoms with Crippen LogP contribution in [0.1, 0.15) is 10.5 Å². The Morgan fingerprint density at radius 2 is 2.05 bits per heavy atom. The van der Waals surface area contributed by atoms with Gasteiger partial charge in [0.15, 0.2) is 0 Å². The van der Waals surface area contributed by atoms with Crippen LogP contribution in [-0.2, 0) is 4.79 Å². The van der Waals surface area contributed by atoms with Gasteiger partial charge < -0.3 is 10.0 Å². The first kappa shape index (κ1) is 12.9. The maximum atomic E-state index is 12.4. The third kappa shape index (κ3) is 2.22. The Hall–Kier alpha value is -2.08. The molecule has 0 spiro atoms. The number of fused-ring (bicyclic) bond motifs is 1. The highest BCUT2D eigenvalue weighted by Crippen LogP contribution is 2.23. The molecular weight excluding hydrogens is 276 g/mol. The number of thioether (sulfide) groups is 1. The molecule has 1 N–H and O–H groups in total. The summed E-state index contributed by atoms with van der Waals surface area (Å²) < 4.78 is 0. The average Bonchev–Trinajstić information content (AvgIpc) is 2.95. The van der Waals surface area contributed by atoms with E-state index in [0.29, 0.717) is 11.6 Å². The SMILES string of the molecule is O=C(O)C1CSCN1C(=O)c1ccc2ccccc2n1. The molecule has 20 heavy (non-hydrogen) atoms. The van der Waals surface area contributed by atoms with Crippen LogP contribution < -0.4 is 0 Å². The summed E-state index contributed by atoms with van der Waals surface area (Å²) in [4.78, 5) is 29.2. The first-order valence-corrected chi connectivity index (χ1v) is 7.29. The molecule has 1 fully saturated rings. The third-order valence-electron chi connectivity index (χ3n) is 3.25. The van der Waals surface area contributed by atoms with Gasteiger partial charge in [0.1, 0.15) is 11.7 Å². The van der Waals surface area contributed by atoms with Gasteiger partial charge in [-0.2, -0.15) is 0 Å². The van der Waals surface area contributed by atoms with Crippen LogP contribution in [0.3, 0.4) is 0 Å². The van der Waals surface area contributed by atoms with Crippen LogP contribution in [0.15, 0.2) is 36.4 Å². The molecule has 5 nitrogen and oxygen atoms in total. The van der Waals surface area contributed by atoms with Crippen LogP contribution in [0, 0.1) is 0 Å². The van der Waals surface area contributed by atoms with Gasteiger partial charge in [-0.25, -0.2) is 9.78 Å². The van der Waals surface area contributed by atoms with E-state index in [1.54, 1.807) is 6.07 Å². The lowest BCUT2D eigenvalue weighted by Gasteiger charge is -2.20. The molecule has 3 rings (SSSR count). The van der Waals surface area contributed by atoms with Crippen molar-refractivity contribution in [3.8, 4) is 0 Å². The molecule has 0 aliphatic carbocycles. The zero-order valence-corrected chi connectivity index (χ0v) is 11.3. The maximum Gasteiger partial charge on any atom is 0.327 e. The number of carboxylic acids is 1. The van der Waals surface area contributed by atoms with E-state index in [2.05, 4.69) is 4.98 Å². The van der Waals surface area contributed by atoms with Crippen molar-refractivity contribution in [1.82, 2.24) is 9.88 Å². The number of amides is 1. The van der Waals surface area contributed by atoms with Gasteiger partial charge in [0.2, 0.25) is 0 Å². The number of hydrogen-bond acceptors (Lipinski definition) is 4. The van der Waals surface area contributed by atoms with Gasteiger partial charge in [-0.3, -0.25) is 4.79 Å². The molecule has 1 aromatic heterocycles. The van der Waals surface area contributed by atoms with Gasteiger partial charge in [-0.05, 0) is 12.1 Å². The van der Waals surface area contributed by atoms with Gasteiger partial charge >= 0.3 is 5.97 Å². The normalized spacial score (nSPS) is 18.4. The number of aliphatic carboxylic acids is 1. The highest BCUT2D eigenvalue weighted by atomic mass is 32.2. The number of nitrogens with zero attached hydrogens (tertiary/aromatic N) is 2. The smallest absolute Gasteiger partial charge is 0.327 e. The summed E-state index contributed by atoms with van der Waals surface area (Å²) in [6.45, 7) is 0. The Morgan fingerprint density at radius 3 is 2.85 bits per heavy atom. The number of rotatable bonds is 2. The highest BCUT2D eigenvalue weighted by Gasteiger charge is 2.35. The summed E-state index contributed by atoms with van der Waals surface area (Å²) in [7, 11) is 0. The number of benzene rings is 1. The molecule has 1 amide bonds. The molecule has 1 atom stereocenters. The molecule has 0 bridgehead atoms. The Bertz CT molecular complexity index is 689. The molecule has 2 aromatic rings. The number of aromatic nitrogens is 1. The summed E-state index contributed by atoms with van der Waals surface area (Å²) in [6.07, 6.45) is 0. The largest absolute Gasteiger partial charge is 0.480 e. The molecule has 6 heteroatoms. The first-order valence-electron chi connectivity index (χ1n) is 6.14. The fraction of sp³-hybridized carbons (Fsp3) is 0.214. The Labute approximate surface area is 119 Å². The summed E-state index contributed by atoms with van der Waals surface area (Å²) in [6, 6.07) is 10.2. The minimum atomic E-state index is -0.968. The van der Waals surface area contributed by atoms with Gasteiger partial charge in [0, 0.05) is 11.1 Å². The number of carbonyl (C=O) groups is 2. The van der Waals surface area contributed by atoms with E-state index in [0.717, 1.165) is 10.9 Å². The Morgan fingerprint density at radius 1 is 1.25 bits per heavy atom. The lowest BCUT2D eigenvalue weighted by atomic mass is 10.2. The van der Waals surface area contributed by atoms with Crippen LogP contribution in [0.25, 0.3) is 10.9 Å². The minimum absolute atomic E-state index is 0.289. The van der Waals surface area contributed by atoms with Crippen molar-refractivity contribution in [1.29, 1.82) is 0 Å². The van der Waals surface area contributed by atoms with Crippen molar-refractivity contribution in [3.05, 3.63) is 42.1 Å². The second-order valence-corrected chi connectivity index (χ2v) is 5.52. The van der Waals surface area contributed by atoms with Crippen LogP contribution in [0.2, 0.25) is 0 Å².